The molecule has 6 heteroatoms. The first kappa shape index (κ1) is 36.1. The van der Waals surface area contributed by atoms with Crippen LogP contribution in [0.2, 0.25) is 0 Å². The van der Waals surface area contributed by atoms with Crippen molar-refractivity contribution in [2.45, 2.75) is 182 Å². The summed E-state index contributed by atoms with van der Waals surface area (Å²) >= 11 is 0. The third-order valence-corrected chi connectivity index (χ3v) is 9.01. The van der Waals surface area contributed by atoms with Crippen molar-refractivity contribution in [2.75, 3.05) is 0 Å². The molecule has 4 unspecified atom stereocenters. The number of carbonyl (C=O) groups excluding carboxylic acids is 2. The van der Waals surface area contributed by atoms with Crippen molar-refractivity contribution in [3.05, 3.63) is 0 Å². The number of unbranched alkanes of at least 4 members (excludes halogenated alkanes) is 7. The number of rotatable bonds is 17. The lowest BCUT2D eigenvalue weighted by Crippen LogP contribution is -2.41. The summed E-state index contributed by atoms with van der Waals surface area (Å²) in [4.78, 5) is 46.3. The zero-order valence-corrected chi connectivity index (χ0v) is 27.8. The molecule has 0 aromatic carbocycles. The van der Waals surface area contributed by atoms with Crippen LogP contribution >= 0.6 is 0 Å². The van der Waals surface area contributed by atoms with Crippen LogP contribution in [0, 0.1) is 29.6 Å². The Bertz CT molecular complexity index is 730. The highest BCUT2D eigenvalue weighted by atomic mass is 17.2. The van der Waals surface area contributed by atoms with Gasteiger partial charge in [-0.3, -0.25) is 9.78 Å². The zero-order valence-electron chi connectivity index (χ0n) is 27.8. The van der Waals surface area contributed by atoms with E-state index in [1.165, 1.54) is 83.5 Å². The number of hydrogen-bond acceptors (Lipinski definition) is 6. The van der Waals surface area contributed by atoms with Gasteiger partial charge in [0.15, 0.2) is 0 Å². The van der Waals surface area contributed by atoms with Crippen molar-refractivity contribution in [3.63, 3.8) is 0 Å². The van der Waals surface area contributed by atoms with Crippen LogP contribution < -0.4 is 0 Å². The predicted octanol–water partition coefficient (Wildman–Crippen LogP) is 10.1. The van der Waals surface area contributed by atoms with Gasteiger partial charge in [-0.15, -0.1) is 0 Å². The largest absolute Gasteiger partial charge is 0.345 e. The molecule has 0 aromatic heterocycles. The Morgan fingerprint density at radius 2 is 1.22 bits per heavy atom. The summed E-state index contributed by atoms with van der Waals surface area (Å²) in [6.07, 6.45) is 22.0. The average Bonchev–Trinajstić information content (AvgIpc) is 2.92. The zero-order chi connectivity index (χ0) is 30.3. The molecule has 2 fully saturated rings. The highest BCUT2D eigenvalue weighted by molar-refractivity contribution is 5.72. The second kappa shape index (κ2) is 18.5. The summed E-state index contributed by atoms with van der Waals surface area (Å²) in [6, 6.07) is 0. The fourth-order valence-electron chi connectivity index (χ4n) is 6.96. The average molecular weight is 581 g/mol. The van der Waals surface area contributed by atoms with E-state index in [1.807, 2.05) is 41.5 Å². The van der Waals surface area contributed by atoms with Crippen LogP contribution in [0.4, 0.5) is 0 Å². The summed E-state index contributed by atoms with van der Waals surface area (Å²) in [6.45, 7) is 13.6. The Labute approximate surface area is 252 Å². The molecule has 0 N–H and O–H groups in total. The smallest absolute Gasteiger partial charge is 0.298 e. The maximum Gasteiger partial charge on any atom is 0.345 e. The standard InChI is InChI=1S/C35H64O6/c1-8-9-10-15-23-29-25-30(27-20-17-14-18-21-27)28(26-31(29)33(37)39-41-35(5,6)7)22-16-12-11-13-19-24-32(36)38-40-34(2,3)4/h27-31H,8-26H2,1-7H3. The first-order valence-corrected chi connectivity index (χ1v) is 17.2. The van der Waals surface area contributed by atoms with E-state index < -0.39 is 11.2 Å². The van der Waals surface area contributed by atoms with E-state index in [0.29, 0.717) is 18.3 Å². The topological polar surface area (TPSA) is 71.1 Å². The van der Waals surface area contributed by atoms with Crippen LogP contribution in [0.15, 0.2) is 0 Å². The van der Waals surface area contributed by atoms with Crippen molar-refractivity contribution in [2.24, 2.45) is 29.6 Å². The molecule has 0 heterocycles. The molecule has 4 atom stereocenters. The lowest BCUT2D eigenvalue weighted by molar-refractivity contribution is -0.325. The minimum atomic E-state index is -0.499. The highest BCUT2D eigenvalue weighted by Gasteiger charge is 2.44. The predicted molar refractivity (Wildman–Crippen MR) is 165 cm³/mol. The normalized spacial score (nSPS) is 24.3. The molecule has 2 rings (SSSR count). The van der Waals surface area contributed by atoms with Crippen LogP contribution in [0.25, 0.3) is 0 Å². The maximum absolute atomic E-state index is 13.4. The van der Waals surface area contributed by atoms with Crippen LogP contribution in [0.5, 0.6) is 0 Å². The second-order valence-corrected chi connectivity index (χ2v) is 15.1. The van der Waals surface area contributed by atoms with E-state index in [2.05, 4.69) is 6.92 Å². The summed E-state index contributed by atoms with van der Waals surface area (Å²) in [7, 11) is 0. The Morgan fingerprint density at radius 1 is 0.659 bits per heavy atom. The molecule has 0 saturated heterocycles. The number of hydrogen-bond donors (Lipinski definition) is 0. The molecule has 0 amide bonds. The van der Waals surface area contributed by atoms with Gasteiger partial charge in [-0.05, 0) is 90.9 Å². The minimum Gasteiger partial charge on any atom is -0.298 e. The van der Waals surface area contributed by atoms with Crippen LogP contribution in [0.3, 0.4) is 0 Å². The fraction of sp³-hybridized carbons (Fsp3) is 0.943. The Hall–Kier alpha value is -1.14. The Balaban J connectivity index is 1.93. The molecular formula is C35H64O6. The SMILES string of the molecule is CCCCCCC1CC(C2CCCCC2)C(CCCCCCCC(=O)OOC(C)(C)C)CC1C(=O)OOC(C)(C)C. The van der Waals surface area contributed by atoms with Crippen molar-refractivity contribution in [1.29, 1.82) is 0 Å². The lowest BCUT2D eigenvalue weighted by Gasteiger charge is -2.45. The first-order valence-electron chi connectivity index (χ1n) is 17.2. The fourth-order valence-corrected chi connectivity index (χ4v) is 6.96. The van der Waals surface area contributed by atoms with Crippen LogP contribution in [0.1, 0.15) is 170 Å². The summed E-state index contributed by atoms with van der Waals surface area (Å²) in [5.74, 6) is 2.07. The Kier molecular flexibility index (Phi) is 16.3. The summed E-state index contributed by atoms with van der Waals surface area (Å²) in [5, 5.41) is 0. The van der Waals surface area contributed by atoms with E-state index in [0.717, 1.165) is 43.9 Å². The van der Waals surface area contributed by atoms with Crippen LogP contribution in [-0.2, 0) is 29.1 Å². The Morgan fingerprint density at radius 3 is 1.85 bits per heavy atom. The monoisotopic (exact) mass is 580 g/mol. The van der Waals surface area contributed by atoms with E-state index in [1.54, 1.807) is 0 Å². The minimum absolute atomic E-state index is 0.0508. The third kappa shape index (κ3) is 15.2. The van der Waals surface area contributed by atoms with E-state index in [4.69, 9.17) is 19.6 Å². The molecule has 0 spiro atoms. The van der Waals surface area contributed by atoms with Gasteiger partial charge in [0.2, 0.25) is 0 Å². The molecular weight excluding hydrogens is 516 g/mol. The molecule has 2 aliphatic carbocycles. The molecule has 0 bridgehead atoms. The van der Waals surface area contributed by atoms with Crippen molar-refractivity contribution >= 4 is 11.9 Å². The van der Waals surface area contributed by atoms with Crippen molar-refractivity contribution in [3.8, 4) is 0 Å². The molecule has 6 nitrogen and oxygen atoms in total. The highest BCUT2D eigenvalue weighted by Crippen LogP contribution is 2.49. The molecule has 240 valence electrons. The number of carbonyl (C=O) groups is 2. The van der Waals surface area contributed by atoms with Gasteiger partial charge in [-0.2, -0.15) is 9.78 Å². The van der Waals surface area contributed by atoms with Crippen LogP contribution in [-0.4, -0.2) is 23.1 Å². The van der Waals surface area contributed by atoms with Gasteiger partial charge in [0.25, 0.3) is 0 Å². The van der Waals surface area contributed by atoms with Gasteiger partial charge in [-0.1, -0.05) is 96.8 Å². The van der Waals surface area contributed by atoms with Crippen molar-refractivity contribution in [1.82, 2.24) is 0 Å². The first-order chi connectivity index (χ1) is 19.4. The molecule has 2 aliphatic rings. The maximum atomic E-state index is 13.4. The molecule has 0 aliphatic heterocycles. The third-order valence-electron chi connectivity index (χ3n) is 9.01. The molecule has 2 saturated carbocycles. The van der Waals surface area contributed by atoms with Gasteiger partial charge >= 0.3 is 11.9 Å². The second-order valence-electron chi connectivity index (χ2n) is 15.1. The van der Waals surface area contributed by atoms with Crippen molar-refractivity contribution < 1.29 is 29.1 Å². The van der Waals surface area contributed by atoms with Gasteiger partial charge in [0.05, 0.1) is 5.92 Å². The summed E-state index contributed by atoms with van der Waals surface area (Å²) in [5.41, 5.74) is -0.976. The van der Waals surface area contributed by atoms with Gasteiger partial charge in [0.1, 0.15) is 11.2 Å². The quantitative estimate of drug-likeness (QED) is 0.0968. The van der Waals surface area contributed by atoms with Gasteiger partial charge in [-0.25, -0.2) is 9.59 Å². The van der Waals surface area contributed by atoms with E-state index >= 15 is 0 Å². The van der Waals surface area contributed by atoms with Gasteiger partial charge in [0, 0.05) is 6.42 Å². The molecule has 41 heavy (non-hydrogen) atoms. The lowest BCUT2D eigenvalue weighted by atomic mass is 9.60. The molecule has 0 radical (unpaired) electrons. The van der Waals surface area contributed by atoms with E-state index in [9.17, 15) is 9.59 Å². The van der Waals surface area contributed by atoms with E-state index in [-0.39, 0.29) is 17.9 Å². The summed E-state index contributed by atoms with van der Waals surface area (Å²) < 4.78 is 0. The molecule has 0 aromatic rings. The van der Waals surface area contributed by atoms with Gasteiger partial charge < -0.3 is 0 Å².